The van der Waals surface area contributed by atoms with Gasteiger partial charge in [0.2, 0.25) is 0 Å². The van der Waals surface area contributed by atoms with E-state index in [0.29, 0.717) is 0 Å². The molecule has 0 spiro atoms. The van der Waals surface area contributed by atoms with E-state index in [1.54, 1.807) is 18.2 Å². The molecule has 4 rings (SSSR count). The molecule has 33 heavy (non-hydrogen) atoms. The Hall–Kier alpha value is -1.92. The van der Waals surface area contributed by atoms with Crippen LogP contribution in [0.4, 0.5) is 10.1 Å². The molecule has 0 unspecified atom stereocenters. The lowest BCUT2D eigenvalue weighted by molar-refractivity contribution is 0.250. The van der Waals surface area contributed by atoms with E-state index < -0.39 is 15.8 Å². The minimum atomic E-state index is -3.84. The molecular formula is C27H37FN2O2S. The number of nitrogens with zero attached hydrogens (tertiary/aromatic N) is 1. The van der Waals surface area contributed by atoms with Gasteiger partial charge in [0.25, 0.3) is 10.0 Å². The Kier molecular flexibility index (Phi) is 8.07. The second-order valence-electron chi connectivity index (χ2n) is 9.77. The molecule has 180 valence electrons. The summed E-state index contributed by atoms with van der Waals surface area (Å²) < 4.78 is 43.1. The Morgan fingerprint density at radius 1 is 1.06 bits per heavy atom. The second-order valence-corrected chi connectivity index (χ2v) is 11.5. The number of anilines is 1. The molecule has 2 aromatic rings. The summed E-state index contributed by atoms with van der Waals surface area (Å²) in [6.45, 7) is 5.07. The van der Waals surface area contributed by atoms with E-state index in [1.165, 1.54) is 56.6 Å². The third-order valence-electron chi connectivity index (χ3n) is 7.24. The Morgan fingerprint density at radius 3 is 2.64 bits per heavy atom. The Balaban J connectivity index is 1.38. The highest BCUT2D eigenvalue weighted by molar-refractivity contribution is 7.92. The number of nitrogens with one attached hydrogen (secondary N) is 1. The molecule has 2 aliphatic rings. The lowest BCUT2D eigenvalue weighted by atomic mass is 9.98. The number of rotatable bonds is 10. The van der Waals surface area contributed by atoms with Crippen molar-refractivity contribution in [2.45, 2.75) is 82.6 Å². The van der Waals surface area contributed by atoms with Crippen LogP contribution in [0.2, 0.25) is 0 Å². The van der Waals surface area contributed by atoms with Crippen molar-refractivity contribution in [2.75, 3.05) is 17.8 Å². The minimum absolute atomic E-state index is 0.0120. The van der Waals surface area contributed by atoms with Crippen molar-refractivity contribution in [3.8, 4) is 0 Å². The third kappa shape index (κ3) is 6.36. The van der Waals surface area contributed by atoms with Gasteiger partial charge >= 0.3 is 0 Å². The molecule has 0 atom stereocenters. The average Bonchev–Trinajstić information content (AvgIpc) is 3.32. The van der Waals surface area contributed by atoms with Crippen LogP contribution in [0.1, 0.15) is 75.0 Å². The number of unbranched alkanes of at least 4 members (excludes halogenated alkanes) is 1. The van der Waals surface area contributed by atoms with Crippen LogP contribution in [0.3, 0.4) is 0 Å². The van der Waals surface area contributed by atoms with Crippen molar-refractivity contribution in [3.63, 3.8) is 0 Å². The van der Waals surface area contributed by atoms with Crippen LogP contribution < -0.4 is 4.72 Å². The van der Waals surface area contributed by atoms with Gasteiger partial charge < -0.3 is 0 Å². The molecular weight excluding hydrogens is 435 g/mol. The fourth-order valence-electron chi connectivity index (χ4n) is 5.22. The summed E-state index contributed by atoms with van der Waals surface area (Å²) in [6.07, 6.45) is 11.6. The monoisotopic (exact) mass is 472 g/mol. The maximum atomic E-state index is 14.7. The fourth-order valence-corrected chi connectivity index (χ4v) is 6.34. The second kappa shape index (κ2) is 11.0. The van der Waals surface area contributed by atoms with Crippen molar-refractivity contribution in [3.05, 3.63) is 58.9 Å². The van der Waals surface area contributed by atoms with Crippen LogP contribution in [-0.2, 0) is 29.4 Å². The van der Waals surface area contributed by atoms with Crippen molar-refractivity contribution < 1.29 is 12.8 Å². The molecule has 0 bridgehead atoms. The number of fused-ring (bicyclic) bond motifs is 1. The largest absolute Gasteiger partial charge is 0.299 e. The van der Waals surface area contributed by atoms with Gasteiger partial charge in [-0.05, 0) is 79.1 Å². The van der Waals surface area contributed by atoms with Gasteiger partial charge in [0.05, 0.1) is 10.6 Å². The van der Waals surface area contributed by atoms with Crippen molar-refractivity contribution in [2.24, 2.45) is 5.92 Å². The van der Waals surface area contributed by atoms with Crippen LogP contribution >= 0.6 is 0 Å². The van der Waals surface area contributed by atoms with E-state index in [2.05, 4.69) is 16.5 Å². The first-order valence-corrected chi connectivity index (χ1v) is 14.1. The van der Waals surface area contributed by atoms with Crippen LogP contribution in [0, 0.1) is 11.7 Å². The van der Waals surface area contributed by atoms with Crippen LogP contribution in [-0.4, -0.2) is 26.4 Å². The van der Waals surface area contributed by atoms with Crippen molar-refractivity contribution in [1.29, 1.82) is 0 Å². The predicted octanol–water partition coefficient (Wildman–Crippen LogP) is 6.30. The number of benzene rings is 2. The molecule has 0 saturated heterocycles. The zero-order valence-corrected chi connectivity index (χ0v) is 20.6. The summed E-state index contributed by atoms with van der Waals surface area (Å²) >= 11 is 0. The molecule has 1 N–H and O–H groups in total. The number of aryl methyl sites for hydroxylation is 1. The maximum absolute atomic E-state index is 14.7. The van der Waals surface area contributed by atoms with Gasteiger partial charge in [-0.25, -0.2) is 12.8 Å². The molecule has 0 aromatic heterocycles. The molecule has 4 nitrogen and oxygen atoms in total. The highest BCUT2D eigenvalue weighted by atomic mass is 32.2. The van der Waals surface area contributed by atoms with Crippen LogP contribution in [0.15, 0.2) is 41.3 Å². The first-order valence-electron chi connectivity index (χ1n) is 12.6. The number of hydrogen-bond acceptors (Lipinski definition) is 3. The Morgan fingerprint density at radius 2 is 1.88 bits per heavy atom. The van der Waals surface area contributed by atoms with Crippen molar-refractivity contribution in [1.82, 2.24) is 4.90 Å². The highest BCUT2D eigenvalue weighted by Gasteiger charge is 2.21. The standard InChI is InChI=1S/C27H37FN2O2S/c1-2-3-16-30-17-15-23-19-25(13-12-24(23)20-30)33(31,32)29-27-14-11-22(18-26(27)28)10-6-9-21-7-4-5-8-21/h11-14,18-19,21,29H,2-10,15-17,20H2,1H3. The van der Waals surface area contributed by atoms with E-state index >= 15 is 0 Å². The van der Waals surface area contributed by atoms with Gasteiger partial charge in [-0.15, -0.1) is 0 Å². The summed E-state index contributed by atoms with van der Waals surface area (Å²) in [6, 6.07) is 10.2. The molecule has 1 fully saturated rings. The third-order valence-corrected chi connectivity index (χ3v) is 8.60. The topological polar surface area (TPSA) is 49.4 Å². The number of hydrogen-bond donors (Lipinski definition) is 1. The number of sulfonamides is 1. The SMILES string of the molecule is CCCCN1CCc2cc(S(=O)(=O)Nc3ccc(CCCC4CCCC4)cc3F)ccc2C1. The fraction of sp³-hybridized carbons (Fsp3) is 0.556. The van der Waals surface area contributed by atoms with E-state index in [4.69, 9.17) is 0 Å². The number of halogens is 1. The van der Waals surface area contributed by atoms with Gasteiger partial charge in [0, 0.05) is 13.1 Å². The van der Waals surface area contributed by atoms with Gasteiger partial charge in [-0.1, -0.05) is 57.6 Å². The first kappa shape index (κ1) is 24.2. The van der Waals surface area contributed by atoms with E-state index in [1.807, 2.05) is 12.1 Å². The first-order chi connectivity index (χ1) is 15.9. The van der Waals surface area contributed by atoms with Gasteiger partial charge in [-0.2, -0.15) is 0 Å². The smallest absolute Gasteiger partial charge is 0.261 e. The quantitative estimate of drug-likeness (QED) is 0.442. The predicted molar refractivity (Wildman–Crippen MR) is 132 cm³/mol. The van der Waals surface area contributed by atoms with Crippen LogP contribution in [0.5, 0.6) is 0 Å². The molecule has 6 heteroatoms. The van der Waals surface area contributed by atoms with Gasteiger partial charge in [-0.3, -0.25) is 9.62 Å². The molecule has 0 amide bonds. The normalized spacial score (nSPS) is 17.3. The average molecular weight is 473 g/mol. The highest BCUT2D eigenvalue weighted by Crippen LogP contribution is 2.30. The lowest BCUT2D eigenvalue weighted by Gasteiger charge is -2.29. The van der Waals surface area contributed by atoms with Gasteiger partial charge in [0.15, 0.2) is 0 Å². The summed E-state index contributed by atoms with van der Waals surface area (Å²) in [5, 5.41) is 0. The summed E-state index contributed by atoms with van der Waals surface area (Å²) in [7, 11) is -3.84. The van der Waals surface area contributed by atoms with Crippen LogP contribution in [0.25, 0.3) is 0 Å². The summed E-state index contributed by atoms with van der Waals surface area (Å²) in [5.41, 5.74) is 3.20. The summed E-state index contributed by atoms with van der Waals surface area (Å²) in [5.74, 6) is 0.318. The zero-order chi connectivity index (χ0) is 23.3. The molecule has 2 aromatic carbocycles. The molecule has 1 heterocycles. The molecule has 1 aliphatic carbocycles. The molecule has 1 aliphatic heterocycles. The lowest BCUT2D eigenvalue weighted by Crippen LogP contribution is -2.31. The minimum Gasteiger partial charge on any atom is -0.299 e. The maximum Gasteiger partial charge on any atom is 0.261 e. The molecule has 1 saturated carbocycles. The van der Waals surface area contributed by atoms with E-state index in [-0.39, 0.29) is 10.6 Å². The van der Waals surface area contributed by atoms with E-state index in [0.717, 1.165) is 55.9 Å². The Labute approximate surface area is 198 Å². The van der Waals surface area contributed by atoms with E-state index in [9.17, 15) is 12.8 Å². The Bertz CT molecular complexity index is 1050. The van der Waals surface area contributed by atoms with Crippen molar-refractivity contribution >= 4 is 15.7 Å². The summed E-state index contributed by atoms with van der Waals surface area (Å²) in [4.78, 5) is 2.62. The van der Waals surface area contributed by atoms with Gasteiger partial charge in [0.1, 0.15) is 5.82 Å². The molecule has 0 radical (unpaired) electrons. The zero-order valence-electron chi connectivity index (χ0n) is 19.8.